The van der Waals surface area contributed by atoms with E-state index in [1.807, 2.05) is 44.3 Å². The fraction of sp³-hybridized carbons (Fsp3) is 0.240. The van der Waals surface area contributed by atoms with Gasteiger partial charge in [0.1, 0.15) is 11.6 Å². The predicted molar refractivity (Wildman–Crippen MR) is 125 cm³/mol. The normalized spacial score (nSPS) is 14.0. The van der Waals surface area contributed by atoms with Crippen LogP contribution in [0.15, 0.2) is 48.8 Å². The number of aromatic nitrogens is 3. The second-order valence-corrected chi connectivity index (χ2v) is 8.07. The fourth-order valence-electron chi connectivity index (χ4n) is 4.13. The van der Waals surface area contributed by atoms with E-state index in [4.69, 9.17) is 4.74 Å². The van der Waals surface area contributed by atoms with Crippen LogP contribution in [-0.2, 0) is 4.74 Å². The maximum absolute atomic E-state index is 15.1. The Labute approximate surface area is 190 Å². The molecular weight excluding hydrogens is 424 g/mol. The fourth-order valence-corrected chi connectivity index (χ4v) is 4.13. The molecule has 6 nitrogen and oxygen atoms in total. The van der Waals surface area contributed by atoms with Crippen molar-refractivity contribution in [3.05, 3.63) is 71.6 Å². The molecule has 0 unspecified atom stereocenters. The number of ether oxygens (including phenoxy) is 1. The van der Waals surface area contributed by atoms with Crippen molar-refractivity contribution in [2.24, 2.45) is 0 Å². The number of benzene rings is 1. The number of fused-ring (bicyclic) bond motifs is 1. The first kappa shape index (κ1) is 21.2. The molecular formula is C25H23F2N5O. The van der Waals surface area contributed by atoms with Crippen molar-refractivity contribution in [3.8, 4) is 11.4 Å². The van der Waals surface area contributed by atoms with Crippen LogP contribution in [0.25, 0.3) is 22.3 Å². The van der Waals surface area contributed by atoms with Crippen LogP contribution in [0.4, 0.5) is 26.0 Å². The van der Waals surface area contributed by atoms with Crippen molar-refractivity contribution in [1.82, 2.24) is 15.0 Å². The van der Waals surface area contributed by atoms with E-state index in [1.54, 1.807) is 6.20 Å². The number of rotatable bonds is 4. The minimum Gasteiger partial charge on any atom is -0.378 e. The molecule has 8 heteroatoms. The summed E-state index contributed by atoms with van der Waals surface area (Å²) in [5, 5.41) is 3.64. The van der Waals surface area contributed by atoms with E-state index in [9.17, 15) is 4.39 Å². The van der Waals surface area contributed by atoms with Crippen LogP contribution in [0, 0.1) is 25.5 Å². The van der Waals surface area contributed by atoms with Crippen LogP contribution in [0.2, 0.25) is 0 Å². The molecule has 1 aliphatic rings. The summed E-state index contributed by atoms with van der Waals surface area (Å²) < 4.78 is 34.7. The minimum atomic E-state index is -0.680. The molecule has 0 radical (unpaired) electrons. The molecule has 0 atom stereocenters. The van der Waals surface area contributed by atoms with Crippen LogP contribution in [0.3, 0.4) is 0 Å². The molecule has 3 aromatic heterocycles. The van der Waals surface area contributed by atoms with Gasteiger partial charge >= 0.3 is 0 Å². The van der Waals surface area contributed by atoms with E-state index in [0.717, 1.165) is 23.1 Å². The third kappa shape index (κ3) is 4.09. The Bertz CT molecular complexity index is 1320. The summed E-state index contributed by atoms with van der Waals surface area (Å²) in [5.41, 5.74) is 4.32. The Kier molecular flexibility index (Phi) is 5.60. The highest BCUT2D eigenvalue weighted by molar-refractivity contribution is 5.99. The Balaban J connectivity index is 1.72. The molecule has 0 spiro atoms. The van der Waals surface area contributed by atoms with Crippen LogP contribution in [0.5, 0.6) is 0 Å². The first-order valence-electron chi connectivity index (χ1n) is 10.8. The van der Waals surface area contributed by atoms with Crippen molar-refractivity contribution in [3.63, 3.8) is 0 Å². The number of anilines is 3. The van der Waals surface area contributed by atoms with Crippen molar-refractivity contribution in [2.75, 3.05) is 36.5 Å². The maximum Gasteiger partial charge on any atom is 0.152 e. The number of pyridine rings is 3. The molecule has 1 aliphatic heterocycles. The van der Waals surface area contributed by atoms with Crippen LogP contribution in [-0.4, -0.2) is 41.3 Å². The molecule has 1 aromatic carbocycles. The summed E-state index contributed by atoms with van der Waals surface area (Å²) in [5.74, 6) is -0.597. The molecule has 168 valence electrons. The highest BCUT2D eigenvalue weighted by Crippen LogP contribution is 2.38. The molecule has 5 rings (SSSR count). The van der Waals surface area contributed by atoms with Crippen molar-refractivity contribution in [1.29, 1.82) is 0 Å². The number of nitrogens with zero attached hydrogens (tertiary/aromatic N) is 4. The van der Waals surface area contributed by atoms with Crippen molar-refractivity contribution < 1.29 is 13.5 Å². The lowest BCUT2D eigenvalue weighted by molar-refractivity contribution is 0.122. The van der Waals surface area contributed by atoms with Gasteiger partial charge in [0.15, 0.2) is 5.82 Å². The third-order valence-electron chi connectivity index (χ3n) is 5.73. The SMILES string of the molecule is Cc1cnc(N2CCOCC2)c(Nc2c(C)c(-c3ccccn3)nc3cc(F)cc(F)c23)c1. The highest BCUT2D eigenvalue weighted by Gasteiger charge is 2.21. The zero-order chi connectivity index (χ0) is 22.9. The van der Waals surface area contributed by atoms with Crippen LogP contribution >= 0.6 is 0 Å². The minimum absolute atomic E-state index is 0.217. The number of hydrogen-bond acceptors (Lipinski definition) is 6. The Morgan fingerprint density at radius 1 is 1.03 bits per heavy atom. The van der Waals surface area contributed by atoms with Gasteiger partial charge in [0, 0.05) is 43.2 Å². The lowest BCUT2D eigenvalue weighted by atomic mass is 10.0. The molecule has 33 heavy (non-hydrogen) atoms. The van der Waals surface area contributed by atoms with Gasteiger partial charge in [-0.2, -0.15) is 0 Å². The molecule has 0 aliphatic carbocycles. The summed E-state index contributed by atoms with van der Waals surface area (Å²) in [6.07, 6.45) is 3.48. The van der Waals surface area contributed by atoms with Gasteiger partial charge in [0.2, 0.25) is 0 Å². The second-order valence-electron chi connectivity index (χ2n) is 8.07. The summed E-state index contributed by atoms with van der Waals surface area (Å²) in [4.78, 5) is 15.8. The molecule has 0 amide bonds. The average Bonchev–Trinajstić information content (AvgIpc) is 2.82. The molecule has 1 saturated heterocycles. The zero-order valence-corrected chi connectivity index (χ0v) is 18.4. The van der Waals surface area contributed by atoms with Gasteiger partial charge < -0.3 is 15.0 Å². The summed E-state index contributed by atoms with van der Waals surface area (Å²) in [7, 11) is 0. The number of nitrogens with one attached hydrogen (secondary N) is 1. The number of aryl methyl sites for hydroxylation is 1. The summed E-state index contributed by atoms with van der Waals surface area (Å²) in [6, 6.07) is 9.60. The van der Waals surface area contributed by atoms with Gasteiger partial charge in [-0.25, -0.2) is 18.7 Å². The van der Waals surface area contributed by atoms with Crippen molar-refractivity contribution in [2.45, 2.75) is 13.8 Å². The predicted octanol–water partition coefficient (Wildman–Crippen LogP) is 5.17. The Hall–Kier alpha value is -3.65. The van der Waals surface area contributed by atoms with E-state index in [1.165, 1.54) is 6.07 Å². The van der Waals surface area contributed by atoms with E-state index in [-0.39, 0.29) is 10.9 Å². The summed E-state index contributed by atoms with van der Waals surface area (Å²) >= 11 is 0. The molecule has 1 N–H and O–H groups in total. The largest absolute Gasteiger partial charge is 0.378 e. The quantitative estimate of drug-likeness (QED) is 0.466. The summed E-state index contributed by atoms with van der Waals surface area (Å²) in [6.45, 7) is 6.46. The maximum atomic E-state index is 15.1. The zero-order valence-electron chi connectivity index (χ0n) is 18.4. The average molecular weight is 447 g/mol. The topological polar surface area (TPSA) is 63.2 Å². The van der Waals surface area contributed by atoms with Crippen LogP contribution in [0.1, 0.15) is 11.1 Å². The van der Waals surface area contributed by atoms with E-state index < -0.39 is 11.6 Å². The monoisotopic (exact) mass is 447 g/mol. The molecule has 1 fully saturated rings. The van der Waals surface area contributed by atoms with Gasteiger partial charge in [0.25, 0.3) is 0 Å². The smallest absolute Gasteiger partial charge is 0.152 e. The molecule has 0 bridgehead atoms. The lowest BCUT2D eigenvalue weighted by Gasteiger charge is -2.30. The number of hydrogen-bond donors (Lipinski definition) is 1. The first-order valence-corrected chi connectivity index (χ1v) is 10.8. The van der Waals surface area contributed by atoms with Gasteiger partial charge in [-0.15, -0.1) is 0 Å². The van der Waals surface area contributed by atoms with E-state index in [2.05, 4.69) is 25.2 Å². The number of morpholine rings is 1. The molecule has 0 saturated carbocycles. The van der Waals surface area contributed by atoms with Crippen LogP contribution < -0.4 is 10.2 Å². The second kappa shape index (κ2) is 8.71. The van der Waals surface area contributed by atoms with Gasteiger partial charge in [-0.05, 0) is 37.6 Å². The lowest BCUT2D eigenvalue weighted by Crippen LogP contribution is -2.37. The molecule has 4 heterocycles. The Morgan fingerprint density at radius 3 is 2.61 bits per heavy atom. The van der Waals surface area contributed by atoms with Gasteiger partial charge in [-0.3, -0.25) is 4.98 Å². The third-order valence-corrected chi connectivity index (χ3v) is 5.73. The van der Waals surface area contributed by atoms with E-state index in [0.29, 0.717) is 48.9 Å². The highest BCUT2D eigenvalue weighted by atomic mass is 19.1. The van der Waals surface area contributed by atoms with Gasteiger partial charge in [0.05, 0.1) is 46.9 Å². The Morgan fingerprint density at radius 2 is 1.85 bits per heavy atom. The number of halogens is 2. The standard InChI is InChI=1S/C25H23F2N5O/c1-15-11-21(25(29-14-15)32-7-9-33-10-8-32)31-24-16(2)23(19-5-3-4-6-28-19)30-20-13-17(26)12-18(27)22(20)24/h3-6,11-14H,7-10H2,1-2H3,(H,30,31). The van der Waals surface area contributed by atoms with E-state index >= 15 is 4.39 Å². The molecule has 4 aromatic rings. The van der Waals surface area contributed by atoms with Crippen molar-refractivity contribution >= 4 is 28.1 Å². The first-order chi connectivity index (χ1) is 16.0. The van der Waals surface area contributed by atoms with Gasteiger partial charge in [-0.1, -0.05) is 6.07 Å².